The maximum Gasteiger partial charge on any atom is 0.183 e. The summed E-state index contributed by atoms with van der Waals surface area (Å²) in [6.07, 6.45) is 2.59. The molecule has 0 radical (unpaired) electrons. The van der Waals surface area contributed by atoms with Gasteiger partial charge < -0.3 is 10.1 Å². The van der Waals surface area contributed by atoms with Crippen LogP contribution in [0.15, 0.2) is 11.4 Å². The summed E-state index contributed by atoms with van der Waals surface area (Å²) < 4.78 is 6.93. The quantitative estimate of drug-likeness (QED) is 0.874. The fourth-order valence-electron chi connectivity index (χ4n) is 2.00. The minimum atomic E-state index is 0.312. The summed E-state index contributed by atoms with van der Waals surface area (Å²) in [7, 11) is 0. The van der Waals surface area contributed by atoms with Crippen LogP contribution in [-0.2, 0) is 4.74 Å². The van der Waals surface area contributed by atoms with E-state index in [1.54, 1.807) is 11.3 Å². The van der Waals surface area contributed by atoms with Crippen LogP contribution in [0.2, 0.25) is 8.67 Å². The Morgan fingerprint density at radius 1 is 1.47 bits per heavy atom. The Kier molecular flexibility index (Phi) is 4.29. The number of ether oxygens (including phenoxy) is 1. The second-order valence-corrected chi connectivity index (χ2v) is 7.44. The summed E-state index contributed by atoms with van der Waals surface area (Å²) >= 11 is 15.0. The first-order valence-electron chi connectivity index (χ1n) is 5.98. The van der Waals surface area contributed by atoms with Crippen molar-refractivity contribution in [2.75, 3.05) is 18.5 Å². The van der Waals surface area contributed by atoms with E-state index in [-0.39, 0.29) is 0 Å². The molecule has 0 aliphatic carbocycles. The molecule has 19 heavy (non-hydrogen) atoms. The van der Waals surface area contributed by atoms with Crippen LogP contribution in [0, 0.1) is 0 Å². The number of rotatable bonds is 4. The van der Waals surface area contributed by atoms with E-state index in [2.05, 4.69) is 10.3 Å². The van der Waals surface area contributed by atoms with Gasteiger partial charge in [-0.2, -0.15) is 0 Å². The van der Waals surface area contributed by atoms with Gasteiger partial charge in [0, 0.05) is 24.1 Å². The average molecular weight is 335 g/mol. The van der Waals surface area contributed by atoms with Gasteiger partial charge in [0.05, 0.1) is 16.1 Å². The third-order valence-electron chi connectivity index (χ3n) is 2.94. The lowest BCUT2D eigenvalue weighted by molar-refractivity contribution is 0.120. The first-order chi connectivity index (χ1) is 9.22. The van der Waals surface area contributed by atoms with Crippen molar-refractivity contribution in [2.24, 2.45) is 0 Å². The molecular formula is C12H12Cl2N2OS2. The molecule has 102 valence electrons. The monoisotopic (exact) mass is 334 g/mol. The average Bonchev–Trinajstić information content (AvgIpc) is 3.08. The Balaban J connectivity index is 1.67. The molecule has 1 aliphatic heterocycles. The predicted molar refractivity (Wildman–Crippen MR) is 82.9 cm³/mol. The summed E-state index contributed by atoms with van der Waals surface area (Å²) in [4.78, 5) is 4.53. The molecule has 0 amide bonds. The molecule has 2 aromatic heterocycles. The molecule has 7 heteroatoms. The number of thiazole rings is 1. The smallest absolute Gasteiger partial charge is 0.183 e. The largest absolute Gasteiger partial charge is 0.376 e. The first-order valence-corrected chi connectivity index (χ1v) is 8.44. The molecule has 2 aromatic rings. The van der Waals surface area contributed by atoms with Gasteiger partial charge in [-0.25, -0.2) is 4.98 Å². The van der Waals surface area contributed by atoms with Gasteiger partial charge in [0.2, 0.25) is 0 Å². The third kappa shape index (κ3) is 3.23. The van der Waals surface area contributed by atoms with E-state index >= 15 is 0 Å². The molecule has 0 spiro atoms. The number of aromatic nitrogens is 1. The Hall–Kier alpha value is -0.330. The summed E-state index contributed by atoms with van der Waals surface area (Å²) in [6.45, 7) is 1.68. The molecule has 1 atom stereocenters. The normalized spacial score (nSPS) is 18.9. The van der Waals surface area contributed by atoms with Crippen LogP contribution >= 0.6 is 45.9 Å². The Labute approximate surface area is 129 Å². The molecule has 3 rings (SSSR count). The van der Waals surface area contributed by atoms with E-state index in [9.17, 15) is 0 Å². The number of nitrogens with one attached hydrogen (secondary N) is 1. The lowest BCUT2D eigenvalue weighted by Crippen LogP contribution is -2.18. The van der Waals surface area contributed by atoms with Gasteiger partial charge in [-0.1, -0.05) is 23.2 Å². The third-order valence-corrected chi connectivity index (χ3v) is 5.23. The van der Waals surface area contributed by atoms with E-state index in [0.29, 0.717) is 14.8 Å². The van der Waals surface area contributed by atoms with Crippen molar-refractivity contribution in [1.82, 2.24) is 4.98 Å². The Bertz CT molecular complexity index is 564. The van der Waals surface area contributed by atoms with Gasteiger partial charge in [0.25, 0.3) is 0 Å². The van der Waals surface area contributed by atoms with Crippen LogP contribution < -0.4 is 5.32 Å². The number of hydrogen-bond acceptors (Lipinski definition) is 5. The van der Waals surface area contributed by atoms with Crippen molar-refractivity contribution < 1.29 is 4.74 Å². The van der Waals surface area contributed by atoms with Gasteiger partial charge in [-0.05, 0) is 18.9 Å². The van der Waals surface area contributed by atoms with Gasteiger partial charge in [-0.3, -0.25) is 0 Å². The molecule has 1 saturated heterocycles. The van der Waals surface area contributed by atoms with E-state index < -0.39 is 0 Å². The summed E-state index contributed by atoms with van der Waals surface area (Å²) in [5.41, 5.74) is 1.77. The van der Waals surface area contributed by atoms with Crippen LogP contribution in [0.25, 0.3) is 11.3 Å². The van der Waals surface area contributed by atoms with Crippen molar-refractivity contribution in [2.45, 2.75) is 18.9 Å². The fraction of sp³-hybridized carbons (Fsp3) is 0.417. The molecule has 1 aliphatic rings. The van der Waals surface area contributed by atoms with Crippen LogP contribution in [0.1, 0.15) is 12.8 Å². The topological polar surface area (TPSA) is 34.1 Å². The lowest BCUT2D eigenvalue weighted by Gasteiger charge is -2.09. The zero-order valence-electron chi connectivity index (χ0n) is 9.99. The highest BCUT2D eigenvalue weighted by Crippen LogP contribution is 2.38. The van der Waals surface area contributed by atoms with E-state index in [1.807, 2.05) is 11.4 Å². The van der Waals surface area contributed by atoms with E-state index in [4.69, 9.17) is 27.9 Å². The summed E-state index contributed by atoms with van der Waals surface area (Å²) in [6, 6.07) is 1.85. The standard InChI is InChI=1S/C12H12Cl2N2OS2/c13-10-4-8(11(14)19-10)9-6-18-12(16-9)15-5-7-2-1-3-17-7/h4,6-7H,1-3,5H2,(H,15,16)/t7-/m1/s1. The highest BCUT2D eigenvalue weighted by atomic mass is 35.5. The SMILES string of the molecule is Clc1cc(-c2csc(NC[C@H]3CCCO3)n2)c(Cl)s1. The first kappa shape index (κ1) is 13.6. The number of anilines is 1. The predicted octanol–water partition coefficient (Wildman–Crippen LogP) is 4.77. The van der Waals surface area contributed by atoms with E-state index in [0.717, 1.165) is 42.4 Å². The van der Waals surface area contributed by atoms with Gasteiger partial charge >= 0.3 is 0 Å². The maximum atomic E-state index is 6.13. The van der Waals surface area contributed by atoms with Gasteiger partial charge in [-0.15, -0.1) is 22.7 Å². The van der Waals surface area contributed by atoms with Crippen LogP contribution in [-0.4, -0.2) is 24.2 Å². The molecule has 1 fully saturated rings. The zero-order valence-corrected chi connectivity index (χ0v) is 13.1. The molecule has 0 unspecified atom stereocenters. The molecule has 3 nitrogen and oxygen atoms in total. The van der Waals surface area contributed by atoms with Crippen molar-refractivity contribution >= 4 is 51.0 Å². The summed E-state index contributed by atoms with van der Waals surface area (Å²) in [5.74, 6) is 0. The van der Waals surface area contributed by atoms with Crippen molar-refractivity contribution in [1.29, 1.82) is 0 Å². The second-order valence-electron chi connectivity index (χ2n) is 4.29. The molecule has 1 N–H and O–H groups in total. The molecular weight excluding hydrogens is 323 g/mol. The molecule has 0 bridgehead atoms. The van der Waals surface area contributed by atoms with Crippen LogP contribution in [0.4, 0.5) is 5.13 Å². The van der Waals surface area contributed by atoms with Crippen molar-refractivity contribution in [3.05, 3.63) is 20.1 Å². The van der Waals surface area contributed by atoms with Crippen molar-refractivity contribution in [3.8, 4) is 11.3 Å². The minimum absolute atomic E-state index is 0.312. The molecule has 0 aromatic carbocycles. The maximum absolute atomic E-state index is 6.13. The number of nitrogens with zero attached hydrogens (tertiary/aromatic N) is 1. The summed E-state index contributed by atoms with van der Waals surface area (Å²) in [5, 5.41) is 6.19. The molecule has 0 saturated carbocycles. The zero-order chi connectivity index (χ0) is 13.2. The second kappa shape index (κ2) is 5.97. The van der Waals surface area contributed by atoms with E-state index in [1.165, 1.54) is 11.3 Å². The highest BCUT2D eigenvalue weighted by Gasteiger charge is 2.16. The van der Waals surface area contributed by atoms with Crippen molar-refractivity contribution in [3.63, 3.8) is 0 Å². The molecule has 3 heterocycles. The van der Waals surface area contributed by atoms with Gasteiger partial charge in [0.15, 0.2) is 5.13 Å². The Morgan fingerprint density at radius 2 is 2.37 bits per heavy atom. The number of halogens is 2. The van der Waals surface area contributed by atoms with Crippen LogP contribution in [0.5, 0.6) is 0 Å². The number of hydrogen-bond donors (Lipinski definition) is 1. The van der Waals surface area contributed by atoms with Crippen LogP contribution in [0.3, 0.4) is 0 Å². The minimum Gasteiger partial charge on any atom is -0.376 e. The van der Waals surface area contributed by atoms with Gasteiger partial charge in [0.1, 0.15) is 4.34 Å². The number of thiophene rings is 1. The highest BCUT2D eigenvalue weighted by molar-refractivity contribution is 7.20. The fourth-order valence-corrected chi connectivity index (χ4v) is 4.20. The Morgan fingerprint density at radius 3 is 3.05 bits per heavy atom. The lowest BCUT2D eigenvalue weighted by atomic mass is 10.2.